The minimum absolute atomic E-state index is 0.189. The second-order valence-corrected chi connectivity index (χ2v) is 6.39. The summed E-state index contributed by atoms with van der Waals surface area (Å²) in [6, 6.07) is 10.2. The number of hydrogen-bond acceptors (Lipinski definition) is 4. The normalized spacial score (nSPS) is 23.0. The third kappa shape index (κ3) is 3.87. The van der Waals surface area contributed by atoms with Gasteiger partial charge in [-0.25, -0.2) is 0 Å². The van der Waals surface area contributed by atoms with Crippen LogP contribution in [0.4, 0.5) is 0 Å². The lowest BCUT2D eigenvalue weighted by atomic mass is 9.78. The molecule has 1 aliphatic carbocycles. The van der Waals surface area contributed by atoms with E-state index < -0.39 is 0 Å². The molecule has 4 nitrogen and oxygen atoms in total. The summed E-state index contributed by atoms with van der Waals surface area (Å²) in [7, 11) is 0. The van der Waals surface area contributed by atoms with E-state index in [1.54, 1.807) is 0 Å². The molecule has 4 heteroatoms. The van der Waals surface area contributed by atoms with Crippen LogP contribution in [0.15, 0.2) is 30.3 Å². The molecule has 1 spiro atoms. The summed E-state index contributed by atoms with van der Waals surface area (Å²) >= 11 is 0. The quantitative estimate of drug-likeness (QED) is 0.878. The molecule has 0 radical (unpaired) electrons. The van der Waals surface area contributed by atoms with Crippen molar-refractivity contribution in [2.45, 2.75) is 38.1 Å². The smallest absolute Gasteiger partial charge is 0.168 e. The predicted molar refractivity (Wildman–Crippen MR) is 83.3 cm³/mol. The average molecular weight is 306 g/mol. The lowest BCUT2D eigenvalue weighted by molar-refractivity contribution is -0.186. The fourth-order valence-electron chi connectivity index (χ4n) is 3.58. The topological polar surface area (TPSA) is 47.9 Å². The Morgan fingerprint density at radius 2 is 1.82 bits per heavy atom. The molecule has 122 valence electrons. The standard InChI is InChI=1S/C18H26O4/c19-12-17(14-20-13-15-4-2-1-3-5-15)16-6-8-18(9-7-16)21-10-11-22-18/h1-5,16-17,19H,6-14H2. The molecule has 1 unspecified atom stereocenters. The van der Waals surface area contributed by atoms with Gasteiger partial charge in [0.25, 0.3) is 0 Å². The van der Waals surface area contributed by atoms with Crippen molar-refractivity contribution in [2.75, 3.05) is 26.4 Å². The third-order valence-corrected chi connectivity index (χ3v) is 4.95. The Kier molecular flexibility index (Phi) is 5.47. The minimum Gasteiger partial charge on any atom is -0.396 e. The molecule has 0 aromatic heterocycles. The van der Waals surface area contributed by atoms with Gasteiger partial charge in [-0.1, -0.05) is 30.3 Å². The van der Waals surface area contributed by atoms with Gasteiger partial charge >= 0.3 is 0 Å². The Balaban J connectivity index is 1.44. The van der Waals surface area contributed by atoms with Crippen molar-refractivity contribution in [3.8, 4) is 0 Å². The molecule has 1 saturated carbocycles. The van der Waals surface area contributed by atoms with Crippen LogP contribution in [0.3, 0.4) is 0 Å². The van der Waals surface area contributed by atoms with Gasteiger partial charge in [0.2, 0.25) is 0 Å². The third-order valence-electron chi connectivity index (χ3n) is 4.95. The van der Waals surface area contributed by atoms with Gasteiger partial charge in [0.1, 0.15) is 0 Å². The summed E-state index contributed by atoms with van der Waals surface area (Å²) in [4.78, 5) is 0. The van der Waals surface area contributed by atoms with E-state index in [1.165, 1.54) is 5.56 Å². The van der Waals surface area contributed by atoms with Crippen molar-refractivity contribution in [3.05, 3.63) is 35.9 Å². The second-order valence-electron chi connectivity index (χ2n) is 6.39. The average Bonchev–Trinajstić information content (AvgIpc) is 3.02. The highest BCUT2D eigenvalue weighted by Gasteiger charge is 2.41. The number of rotatable bonds is 6. The number of hydrogen-bond donors (Lipinski definition) is 1. The summed E-state index contributed by atoms with van der Waals surface area (Å²) in [5, 5.41) is 9.69. The zero-order chi connectivity index (χ0) is 15.3. The zero-order valence-electron chi connectivity index (χ0n) is 13.1. The SMILES string of the molecule is OCC(COCc1ccccc1)C1CCC2(CC1)OCCO2. The second kappa shape index (κ2) is 7.55. The minimum atomic E-state index is -0.318. The zero-order valence-corrected chi connectivity index (χ0v) is 13.1. The molecule has 1 aromatic carbocycles. The molecule has 1 atom stereocenters. The lowest BCUT2D eigenvalue weighted by Crippen LogP contribution is -2.38. The first-order valence-corrected chi connectivity index (χ1v) is 8.32. The molecular weight excluding hydrogens is 280 g/mol. The molecule has 0 bridgehead atoms. The first kappa shape index (κ1) is 15.9. The van der Waals surface area contributed by atoms with Crippen molar-refractivity contribution in [3.63, 3.8) is 0 Å². The van der Waals surface area contributed by atoms with Crippen LogP contribution in [-0.4, -0.2) is 37.3 Å². The Labute approximate surface area is 132 Å². The van der Waals surface area contributed by atoms with E-state index in [1.807, 2.05) is 18.2 Å². The Bertz CT molecular complexity index is 432. The maximum absolute atomic E-state index is 9.69. The highest BCUT2D eigenvalue weighted by molar-refractivity contribution is 5.13. The largest absolute Gasteiger partial charge is 0.396 e. The van der Waals surface area contributed by atoms with Crippen molar-refractivity contribution >= 4 is 0 Å². The fourth-order valence-corrected chi connectivity index (χ4v) is 3.58. The highest BCUT2D eigenvalue weighted by atomic mass is 16.7. The maximum Gasteiger partial charge on any atom is 0.168 e. The van der Waals surface area contributed by atoms with E-state index in [9.17, 15) is 5.11 Å². The van der Waals surface area contributed by atoms with E-state index in [2.05, 4.69) is 12.1 Å². The summed E-state index contributed by atoms with van der Waals surface area (Å²) in [5.41, 5.74) is 1.18. The molecule has 1 aliphatic heterocycles. The Hall–Kier alpha value is -0.940. The van der Waals surface area contributed by atoms with Gasteiger partial charge in [-0.3, -0.25) is 0 Å². The van der Waals surface area contributed by atoms with Crippen LogP contribution in [-0.2, 0) is 20.8 Å². The fraction of sp³-hybridized carbons (Fsp3) is 0.667. The van der Waals surface area contributed by atoms with E-state index >= 15 is 0 Å². The van der Waals surface area contributed by atoms with Crippen LogP contribution >= 0.6 is 0 Å². The molecule has 2 aliphatic rings. The molecular formula is C18H26O4. The number of ether oxygens (including phenoxy) is 3. The van der Waals surface area contributed by atoms with Crippen LogP contribution in [0.5, 0.6) is 0 Å². The van der Waals surface area contributed by atoms with E-state index in [-0.39, 0.29) is 18.3 Å². The monoisotopic (exact) mass is 306 g/mol. The summed E-state index contributed by atoms with van der Waals surface area (Å²) in [6.45, 7) is 2.85. The molecule has 0 amide bonds. The molecule has 1 N–H and O–H groups in total. The molecule has 1 aromatic rings. The van der Waals surface area contributed by atoms with Crippen molar-refractivity contribution < 1.29 is 19.3 Å². The summed E-state index contributed by atoms with van der Waals surface area (Å²) in [5.74, 6) is 0.392. The number of aliphatic hydroxyl groups excluding tert-OH is 1. The number of benzene rings is 1. The number of aliphatic hydroxyl groups is 1. The van der Waals surface area contributed by atoms with Gasteiger partial charge in [0.05, 0.1) is 26.4 Å². The first-order valence-electron chi connectivity index (χ1n) is 8.32. The molecule has 1 heterocycles. The van der Waals surface area contributed by atoms with E-state index in [4.69, 9.17) is 14.2 Å². The van der Waals surface area contributed by atoms with Crippen LogP contribution in [0.2, 0.25) is 0 Å². The van der Waals surface area contributed by atoms with Crippen LogP contribution < -0.4 is 0 Å². The van der Waals surface area contributed by atoms with Crippen molar-refractivity contribution in [1.29, 1.82) is 0 Å². The van der Waals surface area contributed by atoms with E-state index in [0.29, 0.717) is 32.3 Å². The Morgan fingerprint density at radius 3 is 2.45 bits per heavy atom. The lowest BCUT2D eigenvalue weighted by Gasteiger charge is -2.38. The first-order chi connectivity index (χ1) is 10.8. The summed E-state index contributed by atoms with van der Waals surface area (Å²) in [6.07, 6.45) is 3.96. The van der Waals surface area contributed by atoms with Gasteiger partial charge in [0.15, 0.2) is 5.79 Å². The summed E-state index contributed by atoms with van der Waals surface area (Å²) < 4.78 is 17.4. The molecule has 3 rings (SSSR count). The van der Waals surface area contributed by atoms with Gasteiger partial charge in [-0.2, -0.15) is 0 Å². The molecule has 22 heavy (non-hydrogen) atoms. The predicted octanol–water partition coefficient (Wildman–Crippen LogP) is 2.75. The van der Waals surface area contributed by atoms with Crippen LogP contribution in [0.1, 0.15) is 31.2 Å². The van der Waals surface area contributed by atoms with Crippen LogP contribution in [0, 0.1) is 11.8 Å². The van der Waals surface area contributed by atoms with Gasteiger partial charge in [-0.05, 0) is 24.3 Å². The van der Waals surface area contributed by atoms with Gasteiger partial charge < -0.3 is 19.3 Å². The Morgan fingerprint density at radius 1 is 1.14 bits per heavy atom. The van der Waals surface area contributed by atoms with Gasteiger partial charge in [0, 0.05) is 25.4 Å². The highest BCUT2D eigenvalue weighted by Crippen LogP contribution is 2.40. The molecule has 1 saturated heterocycles. The van der Waals surface area contributed by atoms with E-state index in [0.717, 1.165) is 25.7 Å². The van der Waals surface area contributed by atoms with Gasteiger partial charge in [-0.15, -0.1) is 0 Å². The van der Waals surface area contributed by atoms with Crippen molar-refractivity contribution in [1.82, 2.24) is 0 Å². The van der Waals surface area contributed by atoms with Crippen LogP contribution in [0.25, 0.3) is 0 Å². The van der Waals surface area contributed by atoms with Crippen molar-refractivity contribution in [2.24, 2.45) is 11.8 Å². The molecule has 2 fully saturated rings. The maximum atomic E-state index is 9.69.